The first-order valence-electron chi connectivity index (χ1n) is 5.69. The van der Waals surface area contributed by atoms with Crippen molar-refractivity contribution < 1.29 is 9.53 Å². The molecule has 0 aliphatic carbocycles. The van der Waals surface area contributed by atoms with Crippen molar-refractivity contribution in [1.82, 2.24) is 15.2 Å². The van der Waals surface area contributed by atoms with Crippen LogP contribution in [-0.2, 0) is 4.74 Å². The first-order valence-corrected chi connectivity index (χ1v) is 5.69. The Morgan fingerprint density at radius 1 is 1.33 bits per heavy atom. The molecule has 18 heavy (non-hydrogen) atoms. The lowest BCUT2D eigenvalue weighted by molar-refractivity contribution is 0.0519. The quantitative estimate of drug-likeness (QED) is 0.720. The summed E-state index contributed by atoms with van der Waals surface area (Å²) < 4.78 is 4.97. The zero-order valence-electron chi connectivity index (χ0n) is 10.5. The van der Waals surface area contributed by atoms with E-state index in [1.807, 2.05) is 13.8 Å². The number of carbonyl (C=O) groups is 1. The van der Waals surface area contributed by atoms with E-state index in [0.29, 0.717) is 18.0 Å². The number of esters is 1. The van der Waals surface area contributed by atoms with Crippen molar-refractivity contribution in [3.05, 3.63) is 33.4 Å². The maximum atomic E-state index is 11.7. The second-order valence-electron chi connectivity index (χ2n) is 4.02. The standard InChI is InChI=1S/C12H15N3O3/c1-4-18-12(17)11-6(2)10(7(3)13-11)8-5-9(16)15-14-8/h5,13H,4H2,1-3H3,(H2,14,15,16). The van der Waals surface area contributed by atoms with E-state index in [9.17, 15) is 9.59 Å². The predicted molar refractivity (Wildman–Crippen MR) is 66.6 cm³/mol. The molecule has 0 fully saturated rings. The van der Waals surface area contributed by atoms with E-state index in [1.165, 1.54) is 6.07 Å². The third-order valence-corrected chi connectivity index (χ3v) is 2.78. The molecule has 2 aromatic rings. The molecule has 0 amide bonds. The third-order valence-electron chi connectivity index (χ3n) is 2.78. The zero-order valence-corrected chi connectivity index (χ0v) is 10.5. The monoisotopic (exact) mass is 249 g/mol. The maximum absolute atomic E-state index is 11.7. The molecule has 0 atom stereocenters. The van der Waals surface area contributed by atoms with Gasteiger partial charge in [-0.3, -0.25) is 15.0 Å². The SMILES string of the molecule is CCOC(=O)c1[nH]c(C)c(-c2cc(=O)[nH][nH]2)c1C. The Labute approximate surface area is 103 Å². The summed E-state index contributed by atoms with van der Waals surface area (Å²) in [4.78, 5) is 25.9. The van der Waals surface area contributed by atoms with Gasteiger partial charge >= 0.3 is 5.97 Å². The maximum Gasteiger partial charge on any atom is 0.355 e. The van der Waals surface area contributed by atoms with E-state index in [1.54, 1.807) is 6.92 Å². The van der Waals surface area contributed by atoms with Crippen LogP contribution in [0.25, 0.3) is 11.3 Å². The Balaban J connectivity index is 2.50. The van der Waals surface area contributed by atoms with Crippen molar-refractivity contribution in [2.45, 2.75) is 20.8 Å². The summed E-state index contributed by atoms with van der Waals surface area (Å²) in [6.07, 6.45) is 0. The van der Waals surface area contributed by atoms with Crippen LogP contribution < -0.4 is 5.56 Å². The fraction of sp³-hybridized carbons (Fsp3) is 0.333. The van der Waals surface area contributed by atoms with Gasteiger partial charge in [0.15, 0.2) is 0 Å². The van der Waals surface area contributed by atoms with E-state index in [0.717, 1.165) is 16.8 Å². The van der Waals surface area contributed by atoms with Crippen LogP contribution in [0.15, 0.2) is 10.9 Å². The van der Waals surface area contributed by atoms with Gasteiger partial charge in [0.25, 0.3) is 5.56 Å². The molecule has 0 spiro atoms. The molecule has 0 aliphatic rings. The number of aryl methyl sites for hydroxylation is 1. The highest BCUT2D eigenvalue weighted by Gasteiger charge is 2.20. The molecule has 2 heterocycles. The lowest BCUT2D eigenvalue weighted by Crippen LogP contribution is -2.06. The first kappa shape index (κ1) is 12.2. The number of hydrogen-bond donors (Lipinski definition) is 3. The lowest BCUT2D eigenvalue weighted by atomic mass is 10.1. The fourth-order valence-corrected chi connectivity index (χ4v) is 2.03. The molecule has 0 aromatic carbocycles. The molecule has 0 aliphatic heterocycles. The highest BCUT2D eigenvalue weighted by atomic mass is 16.5. The molecule has 0 saturated heterocycles. The fourth-order valence-electron chi connectivity index (χ4n) is 2.03. The number of hydrogen-bond acceptors (Lipinski definition) is 3. The van der Waals surface area contributed by atoms with Gasteiger partial charge in [0.1, 0.15) is 5.69 Å². The van der Waals surface area contributed by atoms with Crippen molar-refractivity contribution in [3.63, 3.8) is 0 Å². The number of ether oxygens (including phenoxy) is 1. The van der Waals surface area contributed by atoms with Crippen LogP contribution in [0.2, 0.25) is 0 Å². The average Bonchev–Trinajstić information content (AvgIpc) is 2.83. The molecule has 2 aromatic heterocycles. The summed E-state index contributed by atoms with van der Waals surface area (Å²) in [5.74, 6) is -0.387. The molecule has 3 N–H and O–H groups in total. The molecule has 96 valence electrons. The first-order chi connectivity index (χ1) is 8.54. The number of carbonyl (C=O) groups excluding carboxylic acids is 1. The van der Waals surface area contributed by atoms with Crippen LogP contribution in [0.4, 0.5) is 0 Å². The molecule has 0 radical (unpaired) electrons. The van der Waals surface area contributed by atoms with Gasteiger partial charge in [0, 0.05) is 17.3 Å². The van der Waals surface area contributed by atoms with Gasteiger partial charge in [0.2, 0.25) is 0 Å². The van der Waals surface area contributed by atoms with Gasteiger partial charge in [-0.25, -0.2) is 4.79 Å². The topological polar surface area (TPSA) is 90.7 Å². The molecule has 0 bridgehead atoms. The Morgan fingerprint density at radius 2 is 2.06 bits per heavy atom. The van der Waals surface area contributed by atoms with Crippen molar-refractivity contribution >= 4 is 5.97 Å². The zero-order chi connectivity index (χ0) is 13.3. The van der Waals surface area contributed by atoms with Crippen LogP contribution in [0.5, 0.6) is 0 Å². The van der Waals surface area contributed by atoms with Crippen LogP contribution in [0, 0.1) is 13.8 Å². The van der Waals surface area contributed by atoms with E-state index in [-0.39, 0.29) is 11.5 Å². The highest BCUT2D eigenvalue weighted by molar-refractivity contribution is 5.92. The minimum atomic E-state index is -0.387. The van der Waals surface area contributed by atoms with Gasteiger partial charge in [-0.15, -0.1) is 0 Å². The number of nitrogens with one attached hydrogen (secondary N) is 3. The Morgan fingerprint density at radius 3 is 2.61 bits per heavy atom. The van der Waals surface area contributed by atoms with Crippen molar-refractivity contribution in [1.29, 1.82) is 0 Å². The summed E-state index contributed by atoms with van der Waals surface area (Å²) in [5, 5.41) is 5.25. The number of aromatic nitrogens is 3. The Kier molecular flexibility index (Phi) is 3.10. The molecule has 0 saturated carbocycles. The van der Waals surface area contributed by atoms with Gasteiger partial charge in [-0.05, 0) is 26.3 Å². The molecule has 2 rings (SSSR count). The van der Waals surface area contributed by atoms with Crippen molar-refractivity contribution in [3.8, 4) is 11.3 Å². The molecule has 6 heteroatoms. The van der Waals surface area contributed by atoms with E-state index < -0.39 is 0 Å². The summed E-state index contributed by atoms with van der Waals surface area (Å²) in [7, 11) is 0. The second-order valence-corrected chi connectivity index (χ2v) is 4.02. The van der Waals surface area contributed by atoms with Crippen LogP contribution in [-0.4, -0.2) is 27.8 Å². The summed E-state index contributed by atoms with van der Waals surface area (Å²) in [6.45, 7) is 5.74. The predicted octanol–water partition coefficient (Wildman–Crippen LogP) is 1.49. The molecular weight excluding hydrogens is 234 g/mol. The highest BCUT2D eigenvalue weighted by Crippen LogP contribution is 2.27. The summed E-state index contributed by atoms with van der Waals surface area (Å²) >= 11 is 0. The average molecular weight is 249 g/mol. The van der Waals surface area contributed by atoms with E-state index >= 15 is 0 Å². The second kappa shape index (κ2) is 4.56. The molecule has 0 unspecified atom stereocenters. The number of H-pyrrole nitrogens is 3. The summed E-state index contributed by atoms with van der Waals surface area (Å²) in [5.41, 5.74) is 3.26. The normalized spacial score (nSPS) is 10.6. The number of aromatic amines is 3. The third kappa shape index (κ3) is 1.97. The summed E-state index contributed by atoms with van der Waals surface area (Å²) in [6, 6.07) is 1.46. The van der Waals surface area contributed by atoms with Gasteiger partial charge < -0.3 is 9.72 Å². The lowest BCUT2D eigenvalue weighted by Gasteiger charge is -2.01. The Bertz CT molecular complexity index is 633. The Hall–Kier alpha value is -2.24. The molecule has 6 nitrogen and oxygen atoms in total. The van der Waals surface area contributed by atoms with Crippen LogP contribution >= 0.6 is 0 Å². The largest absolute Gasteiger partial charge is 0.461 e. The van der Waals surface area contributed by atoms with E-state index in [4.69, 9.17) is 4.74 Å². The van der Waals surface area contributed by atoms with Gasteiger partial charge in [0.05, 0.1) is 12.3 Å². The smallest absolute Gasteiger partial charge is 0.355 e. The van der Waals surface area contributed by atoms with Gasteiger partial charge in [-0.2, -0.15) is 0 Å². The minimum Gasteiger partial charge on any atom is -0.461 e. The van der Waals surface area contributed by atoms with Crippen molar-refractivity contribution in [2.75, 3.05) is 6.61 Å². The molecular formula is C12H15N3O3. The van der Waals surface area contributed by atoms with Crippen LogP contribution in [0.3, 0.4) is 0 Å². The van der Waals surface area contributed by atoms with Crippen LogP contribution in [0.1, 0.15) is 28.7 Å². The van der Waals surface area contributed by atoms with Gasteiger partial charge in [-0.1, -0.05) is 0 Å². The van der Waals surface area contributed by atoms with Crippen molar-refractivity contribution in [2.24, 2.45) is 0 Å². The van der Waals surface area contributed by atoms with E-state index in [2.05, 4.69) is 15.2 Å². The minimum absolute atomic E-state index is 0.206. The number of rotatable bonds is 3.